The van der Waals surface area contributed by atoms with Gasteiger partial charge in [0.2, 0.25) is 21.8 Å². The van der Waals surface area contributed by atoms with Crippen LogP contribution < -0.4 is 15.5 Å². The number of sulfonamides is 1. The Labute approximate surface area is 261 Å². The van der Waals surface area contributed by atoms with Crippen LogP contribution in [0.3, 0.4) is 0 Å². The molecule has 2 amide bonds. The van der Waals surface area contributed by atoms with E-state index in [1.165, 1.54) is 0 Å². The summed E-state index contributed by atoms with van der Waals surface area (Å²) >= 11 is 0. The number of nitrogens with zero attached hydrogens (tertiary/aromatic N) is 2. The molecule has 1 heterocycles. The van der Waals surface area contributed by atoms with Crippen LogP contribution in [0.4, 0.5) is 24.5 Å². The lowest BCUT2D eigenvalue weighted by Gasteiger charge is -2.34. The van der Waals surface area contributed by atoms with Gasteiger partial charge < -0.3 is 20.6 Å². The highest BCUT2D eigenvalue weighted by Crippen LogP contribution is 2.32. The second kappa shape index (κ2) is 14.0. The Balaban J connectivity index is 1.60. The molecule has 0 aromatic heterocycles. The summed E-state index contributed by atoms with van der Waals surface area (Å²) in [4.78, 5) is 28.6. The molecular formula is C32H37F3N4O5S. The third-order valence-corrected chi connectivity index (χ3v) is 9.61. The zero-order chi connectivity index (χ0) is 32.9. The van der Waals surface area contributed by atoms with Crippen LogP contribution in [0, 0.1) is 0 Å². The third-order valence-electron chi connectivity index (χ3n) is 7.71. The van der Waals surface area contributed by atoms with Crippen LogP contribution in [0.15, 0.2) is 77.7 Å². The van der Waals surface area contributed by atoms with Crippen LogP contribution >= 0.6 is 0 Å². The molecule has 4 rings (SSSR count). The van der Waals surface area contributed by atoms with Crippen LogP contribution in [-0.2, 0) is 32.2 Å². The van der Waals surface area contributed by atoms with Crippen molar-refractivity contribution in [2.24, 2.45) is 0 Å². The van der Waals surface area contributed by atoms with Gasteiger partial charge in [-0.3, -0.25) is 9.59 Å². The van der Waals surface area contributed by atoms with Crippen molar-refractivity contribution < 1.29 is 36.3 Å². The third kappa shape index (κ3) is 8.41. The van der Waals surface area contributed by atoms with Crippen molar-refractivity contribution in [2.45, 2.75) is 61.9 Å². The lowest BCUT2D eigenvalue weighted by Crippen LogP contribution is -2.56. The summed E-state index contributed by atoms with van der Waals surface area (Å²) in [5, 5.41) is 15.4. The van der Waals surface area contributed by atoms with Gasteiger partial charge in [0.25, 0.3) is 0 Å². The highest BCUT2D eigenvalue weighted by Gasteiger charge is 2.40. The predicted molar refractivity (Wildman–Crippen MR) is 165 cm³/mol. The van der Waals surface area contributed by atoms with E-state index in [0.29, 0.717) is 35.7 Å². The topological polar surface area (TPSA) is 119 Å². The molecule has 1 saturated heterocycles. The molecule has 1 unspecified atom stereocenters. The second-order valence-corrected chi connectivity index (χ2v) is 13.2. The van der Waals surface area contributed by atoms with Gasteiger partial charge in [-0.25, -0.2) is 8.42 Å². The molecule has 0 radical (unpaired) electrons. The van der Waals surface area contributed by atoms with Crippen molar-refractivity contribution >= 4 is 33.2 Å². The maximum absolute atomic E-state index is 13.7. The van der Waals surface area contributed by atoms with E-state index in [-0.39, 0.29) is 19.4 Å². The van der Waals surface area contributed by atoms with Crippen LogP contribution in [-0.4, -0.2) is 62.4 Å². The minimum atomic E-state index is -4.75. The van der Waals surface area contributed by atoms with Crippen LogP contribution in [0.25, 0.3) is 0 Å². The average molecular weight is 647 g/mol. The van der Waals surface area contributed by atoms with Crippen molar-refractivity contribution in [1.82, 2.24) is 9.62 Å². The van der Waals surface area contributed by atoms with Gasteiger partial charge in [-0.1, -0.05) is 36.8 Å². The molecule has 0 saturated carbocycles. The highest BCUT2D eigenvalue weighted by atomic mass is 32.2. The molecule has 3 N–H and O–H groups in total. The first-order valence-corrected chi connectivity index (χ1v) is 16.0. The van der Waals surface area contributed by atoms with Gasteiger partial charge in [0.15, 0.2) is 0 Å². The van der Waals surface area contributed by atoms with Gasteiger partial charge in [-0.15, -0.1) is 0 Å². The molecule has 0 aliphatic carbocycles. The summed E-state index contributed by atoms with van der Waals surface area (Å²) in [6, 6.07) is 15.0. The number of alkyl halides is 3. The van der Waals surface area contributed by atoms with E-state index in [2.05, 4.69) is 10.6 Å². The number of aliphatic hydroxyl groups is 1. The number of nitrogens with one attached hydrogen (secondary N) is 2. The van der Waals surface area contributed by atoms with Crippen molar-refractivity contribution in [3.63, 3.8) is 0 Å². The summed E-state index contributed by atoms with van der Waals surface area (Å²) in [5.41, 5.74) is 1.64. The van der Waals surface area contributed by atoms with Crippen molar-refractivity contribution in [3.05, 3.63) is 89.5 Å². The quantitative estimate of drug-likeness (QED) is 0.293. The fourth-order valence-corrected chi connectivity index (χ4v) is 6.84. The molecule has 1 aliphatic heterocycles. The summed E-state index contributed by atoms with van der Waals surface area (Å²) in [7, 11) is -0.725. The largest absolute Gasteiger partial charge is 0.416 e. The van der Waals surface area contributed by atoms with Crippen molar-refractivity contribution in [1.29, 1.82) is 0 Å². The SMILES string of the molecule is C[C@H](O)c1ccc(CC(NC(=O)[C@@H]2CCCCN2S(=O)(=O)c2cccc(C(F)(F)F)c2)C(=O)Nc2ccc(N(C)C)cc2)cc1. The molecule has 3 atom stereocenters. The van der Waals surface area contributed by atoms with E-state index in [4.69, 9.17) is 0 Å². The normalized spacial score (nSPS) is 17.3. The Hall–Kier alpha value is -3.94. The smallest absolute Gasteiger partial charge is 0.389 e. The fourth-order valence-electron chi connectivity index (χ4n) is 5.14. The first-order valence-electron chi connectivity index (χ1n) is 14.5. The Bertz CT molecular complexity index is 1590. The molecule has 13 heteroatoms. The van der Waals surface area contributed by atoms with E-state index in [0.717, 1.165) is 28.2 Å². The second-order valence-electron chi connectivity index (χ2n) is 11.3. The van der Waals surface area contributed by atoms with E-state index in [9.17, 15) is 36.3 Å². The Morgan fingerprint density at radius 2 is 1.69 bits per heavy atom. The number of anilines is 2. The maximum Gasteiger partial charge on any atom is 0.416 e. The van der Waals surface area contributed by atoms with Crippen LogP contribution in [0.5, 0.6) is 0 Å². The number of rotatable bonds is 10. The summed E-state index contributed by atoms with van der Waals surface area (Å²) < 4.78 is 68.1. The number of halogens is 3. The monoisotopic (exact) mass is 646 g/mol. The minimum absolute atomic E-state index is 0.0561. The average Bonchev–Trinajstić information content (AvgIpc) is 3.00. The zero-order valence-electron chi connectivity index (χ0n) is 25.2. The van der Waals surface area contributed by atoms with Crippen LogP contribution in [0.2, 0.25) is 0 Å². The maximum atomic E-state index is 13.7. The van der Waals surface area contributed by atoms with Crippen LogP contribution in [0.1, 0.15) is 49.0 Å². The number of amides is 2. The molecule has 45 heavy (non-hydrogen) atoms. The standard InChI is InChI=1S/C32H37F3N4O5S/c1-21(40)23-12-10-22(11-13-23)19-28(30(41)36-25-14-16-26(17-15-25)38(2)3)37-31(42)29-9-4-5-18-39(29)45(43,44)27-8-6-7-24(20-27)32(33,34)35/h6-8,10-17,20-21,28-29,40H,4-5,9,18-19H2,1-3H3,(H,36,41)(H,37,42)/t21-,28?,29-/m0/s1. The first kappa shape index (κ1) is 33.9. The number of hydrogen-bond acceptors (Lipinski definition) is 6. The fraction of sp³-hybridized carbons (Fsp3) is 0.375. The molecule has 242 valence electrons. The minimum Gasteiger partial charge on any atom is -0.389 e. The van der Waals surface area contributed by atoms with Gasteiger partial charge in [-0.2, -0.15) is 17.5 Å². The van der Waals surface area contributed by atoms with Crippen molar-refractivity contribution in [2.75, 3.05) is 30.9 Å². The van der Waals surface area contributed by atoms with E-state index < -0.39 is 56.7 Å². The Morgan fingerprint density at radius 3 is 2.29 bits per heavy atom. The number of piperidine rings is 1. The molecule has 1 fully saturated rings. The molecule has 3 aromatic carbocycles. The van der Waals surface area contributed by atoms with E-state index in [1.54, 1.807) is 43.3 Å². The summed E-state index contributed by atoms with van der Waals surface area (Å²) in [6.07, 6.45) is -4.31. The predicted octanol–water partition coefficient (Wildman–Crippen LogP) is 4.73. The number of carbonyl (C=O) groups excluding carboxylic acids is 2. The molecule has 0 bridgehead atoms. The number of hydrogen-bond donors (Lipinski definition) is 3. The zero-order valence-corrected chi connectivity index (χ0v) is 26.0. The lowest BCUT2D eigenvalue weighted by atomic mass is 10.00. The molecule has 9 nitrogen and oxygen atoms in total. The van der Waals surface area contributed by atoms with Gasteiger partial charge in [0.05, 0.1) is 16.6 Å². The Kier molecular flexibility index (Phi) is 10.6. The van der Waals surface area contributed by atoms with Gasteiger partial charge >= 0.3 is 6.18 Å². The lowest BCUT2D eigenvalue weighted by molar-refractivity contribution is -0.137. The van der Waals surface area contributed by atoms with E-state index >= 15 is 0 Å². The number of aliphatic hydroxyl groups excluding tert-OH is 1. The molecule has 3 aromatic rings. The first-order chi connectivity index (χ1) is 21.2. The summed E-state index contributed by atoms with van der Waals surface area (Å²) in [6.45, 7) is 1.56. The van der Waals surface area contributed by atoms with Gasteiger partial charge in [0, 0.05) is 38.4 Å². The van der Waals surface area contributed by atoms with Gasteiger partial charge in [-0.05, 0) is 73.4 Å². The molecular weight excluding hydrogens is 609 g/mol. The Morgan fingerprint density at radius 1 is 1.02 bits per heavy atom. The summed E-state index contributed by atoms with van der Waals surface area (Å²) in [5.74, 6) is -1.27. The highest BCUT2D eigenvalue weighted by molar-refractivity contribution is 7.89. The number of benzene rings is 3. The molecule has 1 aliphatic rings. The molecule has 0 spiro atoms. The van der Waals surface area contributed by atoms with Gasteiger partial charge in [0.1, 0.15) is 12.1 Å². The number of carbonyl (C=O) groups is 2. The van der Waals surface area contributed by atoms with E-state index in [1.807, 2.05) is 31.1 Å². The van der Waals surface area contributed by atoms with Crippen molar-refractivity contribution in [3.8, 4) is 0 Å².